The van der Waals surface area contributed by atoms with Crippen molar-refractivity contribution in [2.45, 2.75) is 31.7 Å². The van der Waals surface area contributed by atoms with Crippen molar-refractivity contribution in [1.82, 2.24) is 4.98 Å². The molecule has 1 fully saturated rings. The van der Waals surface area contributed by atoms with Crippen LogP contribution in [-0.2, 0) is 11.2 Å². The van der Waals surface area contributed by atoms with Gasteiger partial charge in [-0.1, -0.05) is 6.07 Å². The van der Waals surface area contributed by atoms with Crippen LogP contribution in [0.5, 0.6) is 0 Å². The number of carbonyl (C=O) groups is 1. The molecular formula is C11H14N2O. The fraction of sp³-hybridized carbons (Fsp3) is 0.455. The molecule has 1 aromatic rings. The summed E-state index contributed by atoms with van der Waals surface area (Å²) in [4.78, 5) is 15.7. The van der Waals surface area contributed by atoms with Crippen LogP contribution in [0.15, 0.2) is 18.5 Å². The molecular weight excluding hydrogens is 176 g/mol. The standard InChI is InChI=1S/C11H14N2O/c1-8-4-9(7-13-6-8)5-10(14)11(12)2-3-11/h4,6-7H,2-3,5,12H2,1H3. The van der Waals surface area contributed by atoms with Gasteiger partial charge in [0.15, 0.2) is 5.78 Å². The third kappa shape index (κ3) is 1.82. The fourth-order valence-electron chi connectivity index (χ4n) is 1.49. The minimum absolute atomic E-state index is 0.143. The van der Waals surface area contributed by atoms with E-state index in [-0.39, 0.29) is 5.78 Å². The van der Waals surface area contributed by atoms with Crippen molar-refractivity contribution >= 4 is 5.78 Å². The lowest BCUT2D eigenvalue weighted by Gasteiger charge is -2.07. The summed E-state index contributed by atoms with van der Waals surface area (Å²) in [6, 6.07) is 1.98. The molecule has 2 N–H and O–H groups in total. The largest absolute Gasteiger partial charge is 0.319 e. The summed E-state index contributed by atoms with van der Waals surface area (Å²) in [6.07, 6.45) is 5.61. The third-order valence-electron chi connectivity index (χ3n) is 2.64. The quantitative estimate of drug-likeness (QED) is 0.773. The summed E-state index contributed by atoms with van der Waals surface area (Å²) in [5, 5.41) is 0. The Morgan fingerprint density at radius 2 is 2.29 bits per heavy atom. The molecule has 0 amide bonds. The molecule has 3 heteroatoms. The van der Waals surface area contributed by atoms with E-state index >= 15 is 0 Å². The molecule has 0 aliphatic heterocycles. The first-order valence-corrected chi connectivity index (χ1v) is 4.83. The van der Waals surface area contributed by atoms with Crippen molar-refractivity contribution in [3.63, 3.8) is 0 Å². The molecule has 2 rings (SSSR count). The second kappa shape index (κ2) is 3.17. The summed E-state index contributed by atoms with van der Waals surface area (Å²) in [7, 11) is 0. The molecule has 14 heavy (non-hydrogen) atoms. The number of hydrogen-bond acceptors (Lipinski definition) is 3. The number of carbonyl (C=O) groups excluding carboxylic acids is 1. The van der Waals surface area contributed by atoms with Crippen LogP contribution in [0.4, 0.5) is 0 Å². The maximum absolute atomic E-state index is 11.7. The number of nitrogens with two attached hydrogens (primary N) is 1. The van der Waals surface area contributed by atoms with Gasteiger partial charge < -0.3 is 5.73 Å². The van der Waals surface area contributed by atoms with Crippen LogP contribution in [0.2, 0.25) is 0 Å². The van der Waals surface area contributed by atoms with Gasteiger partial charge >= 0.3 is 0 Å². The second-order valence-electron chi connectivity index (χ2n) is 4.13. The summed E-state index contributed by atoms with van der Waals surface area (Å²) in [5.74, 6) is 0.143. The number of Topliss-reactive ketones (excluding diaryl/α,β-unsaturated/α-hetero) is 1. The second-order valence-corrected chi connectivity index (χ2v) is 4.13. The van der Waals surface area contributed by atoms with Crippen molar-refractivity contribution in [3.05, 3.63) is 29.6 Å². The Labute approximate surface area is 83.3 Å². The Kier molecular flexibility index (Phi) is 2.11. The summed E-state index contributed by atoms with van der Waals surface area (Å²) in [6.45, 7) is 1.97. The van der Waals surface area contributed by atoms with Crippen LogP contribution in [0.1, 0.15) is 24.0 Å². The number of ketones is 1. The first kappa shape index (κ1) is 9.34. The summed E-state index contributed by atoms with van der Waals surface area (Å²) >= 11 is 0. The van der Waals surface area contributed by atoms with E-state index in [0.717, 1.165) is 24.0 Å². The van der Waals surface area contributed by atoms with E-state index < -0.39 is 5.54 Å². The van der Waals surface area contributed by atoms with Gasteiger partial charge in [-0.05, 0) is 30.9 Å². The van der Waals surface area contributed by atoms with E-state index in [1.165, 1.54) is 0 Å². The number of rotatable bonds is 3. The maximum atomic E-state index is 11.7. The Morgan fingerprint density at radius 3 is 2.86 bits per heavy atom. The molecule has 1 aliphatic rings. The zero-order valence-corrected chi connectivity index (χ0v) is 8.29. The van der Waals surface area contributed by atoms with Gasteiger partial charge in [0.25, 0.3) is 0 Å². The highest BCUT2D eigenvalue weighted by atomic mass is 16.1. The van der Waals surface area contributed by atoms with Gasteiger partial charge in [-0.3, -0.25) is 9.78 Å². The molecule has 1 aliphatic carbocycles. The predicted octanol–water partition coefficient (Wildman–Crippen LogP) is 0.993. The Balaban J connectivity index is 2.07. The van der Waals surface area contributed by atoms with Gasteiger partial charge in [0.1, 0.15) is 0 Å². The van der Waals surface area contributed by atoms with Crippen LogP contribution < -0.4 is 5.73 Å². The fourth-order valence-corrected chi connectivity index (χ4v) is 1.49. The van der Waals surface area contributed by atoms with Gasteiger partial charge in [0, 0.05) is 18.8 Å². The Bertz CT molecular complexity index is 369. The van der Waals surface area contributed by atoms with Crippen molar-refractivity contribution in [2.24, 2.45) is 5.73 Å². The Morgan fingerprint density at radius 1 is 1.57 bits per heavy atom. The van der Waals surface area contributed by atoms with Crippen molar-refractivity contribution in [3.8, 4) is 0 Å². The lowest BCUT2D eigenvalue weighted by molar-refractivity contribution is -0.120. The SMILES string of the molecule is Cc1cncc(CC(=O)C2(N)CC2)c1. The molecule has 0 saturated heterocycles. The van der Waals surface area contributed by atoms with Crippen molar-refractivity contribution in [2.75, 3.05) is 0 Å². The smallest absolute Gasteiger partial charge is 0.157 e. The first-order valence-electron chi connectivity index (χ1n) is 4.83. The van der Waals surface area contributed by atoms with Crippen LogP contribution >= 0.6 is 0 Å². The number of aromatic nitrogens is 1. The highest BCUT2D eigenvalue weighted by molar-refractivity contribution is 5.92. The molecule has 0 spiro atoms. The van der Waals surface area contributed by atoms with E-state index in [4.69, 9.17) is 5.73 Å². The molecule has 3 nitrogen and oxygen atoms in total. The van der Waals surface area contributed by atoms with Crippen LogP contribution in [-0.4, -0.2) is 16.3 Å². The molecule has 0 radical (unpaired) electrons. The first-order chi connectivity index (χ1) is 6.60. The van der Waals surface area contributed by atoms with E-state index in [2.05, 4.69) is 4.98 Å². The number of nitrogens with zero attached hydrogens (tertiary/aromatic N) is 1. The van der Waals surface area contributed by atoms with Crippen LogP contribution in [0.25, 0.3) is 0 Å². The minimum atomic E-state index is -0.510. The van der Waals surface area contributed by atoms with E-state index in [0.29, 0.717) is 6.42 Å². The van der Waals surface area contributed by atoms with Gasteiger partial charge in [0.2, 0.25) is 0 Å². The number of aryl methyl sites for hydroxylation is 1. The average molecular weight is 190 g/mol. The minimum Gasteiger partial charge on any atom is -0.319 e. The predicted molar refractivity (Wildman–Crippen MR) is 53.8 cm³/mol. The van der Waals surface area contributed by atoms with Gasteiger partial charge in [-0.25, -0.2) is 0 Å². The van der Waals surface area contributed by atoms with Crippen LogP contribution in [0, 0.1) is 6.92 Å². The third-order valence-corrected chi connectivity index (χ3v) is 2.64. The number of hydrogen-bond donors (Lipinski definition) is 1. The summed E-state index contributed by atoms with van der Waals surface area (Å²) in [5.41, 5.74) is 7.34. The lowest BCUT2D eigenvalue weighted by atomic mass is 10.0. The highest BCUT2D eigenvalue weighted by Crippen LogP contribution is 2.33. The van der Waals surface area contributed by atoms with Crippen molar-refractivity contribution < 1.29 is 4.79 Å². The average Bonchev–Trinajstić information content (AvgIpc) is 2.85. The molecule has 74 valence electrons. The molecule has 1 heterocycles. The molecule has 0 bridgehead atoms. The zero-order valence-electron chi connectivity index (χ0n) is 8.29. The van der Waals surface area contributed by atoms with E-state index in [1.807, 2.05) is 13.0 Å². The molecule has 0 unspecified atom stereocenters. The topological polar surface area (TPSA) is 56.0 Å². The summed E-state index contributed by atoms with van der Waals surface area (Å²) < 4.78 is 0. The van der Waals surface area contributed by atoms with E-state index in [9.17, 15) is 4.79 Å². The van der Waals surface area contributed by atoms with E-state index in [1.54, 1.807) is 12.4 Å². The van der Waals surface area contributed by atoms with Gasteiger partial charge in [-0.15, -0.1) is 0 Å². The normalized spacial score (nSPS) is 17.9. The van der Waals surface area contributed by atoms with Gasteiger partial charge in [0.05, 0.1) is 5.54 Å². The molecule has 0 aromatic carbocycles. The maximum Gasteiger partial charge on any atom is 0.157 e. The molecule has 0 atom stereocenters. The zero-order chi connectivity index (χ0) is 10.2. The monoisotopic (exact) mass is 190 g/mol. The lowest BCUT2D eigenvalue weighted by Crippen LogP contribution is -2.34. The number of pyridine rings is 1. The molecule has 1 saturated carbocycles. The Hall–Kier alpha value is -1.22. The highest BCUT2D eigenvalue weighted by Gasteiger charge is 2.44. The molecule has 1 aromatic heterocycles. The van der Waals surface area contributed by atoms with Crippen molar-refractivity contribution in [1.29, 1.82) is 0 Å². The van der Waals surface area contributed by atoms with Crippen LogP contribution in [0.3, 0.4) is 0 Å². The van der Waals surface area contributed by atoms with Gasteiger partial charge in [-0.2, -0.15) is 0 Å².